The van der Waals surface area contributed by atoms with Crippen LogP contribution < -0.4 is 0 Å². The van der Waals surface area contributed by atoms with Crippen LogP contribution >= 0.6 is 7.26 Å². The zero-order chi connectivity index (χ0) is 31.3. The molecule has 1 aliphatic heterocycles. The first-order chi connectivity index (χ1) is 22.7. The van der Waals surface area contributed by atoms with Gasteiger partial charge in [-0.15, -0.1) is 0 Å². The molecule has 46 heavy (non-hydrogen) atoms. The zero-order valence-corrected chi connectivity index (χ0v) is 30.3. The fraction of sp³-hybridized carbons (Fsp3) is 0.674. The van der Waals surface area contributed by atoms with E-state index in [1.165, 1.54) is 141 Å². The second-order valence-corrected chi connectivity index (χ2v) is 20.4. The van der Waals surface area contributed by atoms with Crippen molar-refractivity contribution in [2.75, 3.05) is 13.1 Å². The van der Waals surface area contributed by atoms with Gasteiger partial charge in [0.2, 0.25) is 0 Å². The van der Waals surface area contributed by atoms with Crippen molar-refractivity contribution in [3.05, 3.63) is 76.8 Å². The average Bonchev–Trinajstić information content (AvgIpc) is 3.54. The summed E-state index contributed by atoms with van der Waals surface area (Å²) in [5.74, 6) is 0.597. The molecule has 0 aromatic heterocycles. The Kier molecular flexibility index (Phi) is 10.9. The first-order valence-corrected chi connectivity index (χ1v) is 21.9. The first-order valence-electron chi connectivity index (χ1n) is 19.9. The van der Waals surface area contributed by atoms with Crippen molar-refractivity contribution in [1.29, 1.82) is 0 Å². The van der Waals surface area contributed by atoms with Crippen LogP contribution in [0.4, 0.5) is 0 Å². The summed E-state index contributed by atoms with van der Waals surface area (Å²) < 4.78 is 0. The molecule has 0 bridgehead atoms. The Labute approximate surface area is 283 Å². The van der Waals surface area contributed by atoms with E-state index in [-0.39, 0.29) is 0 Å². The minimum Gasteiger partial charge on any atom is -0.351 e. The van der Waals surface area contributed by atoms with Gasteiger partial charge in [-0.25, -0.2) is 0 Å². The summed E-state index contributed by atoms with van der Waals surface area (Å²) in [6.07, 6.45) is 40.6. The smallest absolute Gasteiger partial charge is 0.142 e. The number of benzene rings is 1. The molecule has 2 nitrogen and oxygen atoms in total. The van der Waals surface area contributed by atoms with E-state index in [0.717, 1.165) is 17.0 Å². The Morgan fingerprint density at radius 1 is 0.739 bits per heavy atom. The summed E-state index contributed by atoms with van der Waals surface area (Å²) in [6, 6.07) is 12.3. The fourth-order valence-electron chi connectivity index (χ4n) is 11.3. The molecule has 1 unspecified atom stereocenters. The highest BCUT2D eigenvalue weighted by Crippen LogP contribution is 2.83. The topological polar surface area (TPSA) is 6.48 Å². The monoisotopic (exact) mass is 639 g/mol. The maximum absolute atomic E-state index is 3.09. The van der Waals surface area contributed by atoms with Gasteiger partial charge < -0.3 is 4.90 Å². The summed E-state index contributed by atoms with van der Waals surface area (Å²) in [6.45, 7) is 7.37. The third-order valence-corrected chi connectivity index (χ3v) is 19.8. The van der Waals surface area contributed by atoms with Crippen LogP contribution in [0, 0.1) is 5.92 Å². The van der Waals surface area contributed by atoms with E-state index in [9.17, 15) is 0 Å². The molecule has 0 spiro atoms. The van der Waals surface area contributed by atoms with Crippen LogP contribution in [0.3, 0.4) is 0 Å². The van der Waals surface area contributed by atoms with Crippen LogP contribution in [0.1, 0.15) is 141 Å². The van der Waals surface area contributed by atoms with Crippen molar-refractivity contribution in [3.8, 4) is 0 Å². The van der Waals surface area contributed by atoms with Gasteiger partial charge in [-0.3, -0.25) is 4.90 Å². The molecule has 1 aromatic rings. The van der Waals surface area contributed by atoms with E-state index in [0.29, 0.717) is 18.1 Å². The molecule has 0 amide bonds. The van der Waals surface area contributed by atoms with Gasteiger partial charge in [0.1, 0.15) is 11.5 Å². The van der Waals surface area contributed by atoms with E-state index in [2.05, 4.69) is 84.4 Å². The molecule has 1 heterocycles. The standard InChI is InChI=1S/C43H64N2P/c1-34-19-15-17-29-40(34)44-31-32-45(41-30-18-16-20-35(41)2)43(44)42(33-36-21-7-3-8-22-36)46(37-23-9-4-10-24-37,38-25-11-5-12-26-38)39-27-13-6-14-28-39/h3,7-8,15,17,20-22,29,33-34,37-39,41,43H,4-6,9-14,16,18-19,23-28,30-32H2,1-2H3/q+1/b42-33-/t34-,41+,43?/m0/s1. The molecule has 0 N–H and O–H groups in total. The molecule has 3 atom stereocenters. The summed E-state index contributed by atoms with van der Waals surface area (Å²) in [5.41, 5.74) is 7.56. The van der Waals surface area contributed by atoms with Crippen LogP contribution in [0.25, 0.3) is 6.08 Å². The van der Waals surface area contributed by atoms with Crippen LogP contribution in [0.5, 0.6) is 0 Å². The van der Waals surface area contributed by atoms with Crippen molar-refractivity contribution in [3.63, 3.8) is 0 Å². The summed E-state index contributed by atoms with van der Waals surface area (Å²) in [5, 5.41) is 1.97. The SMILES string of the molecule is CC1=CCCC[C@H]1N1CCN(C2=CC=CC[C@@H]2C)C1/C(=C/c1ccccc1)[P+](C1CCCCC1)(C1CCCCC1)C1CCCCC1. The molecule has 7 rings (SSSR count). The quantitative estimate of drug-likeness (QED) is 0.206. The molecule has 3 saturated carbocycles. The second kappa shape index (κ2) is 15.3. The lowest BCUT2D eigenvalue weighted by Gasteiger charge is -2.53. The molecule has 4 fully saturated rings. The summed E-state index contributed by atoms with van der Waals surface area (Å²) in [4.78, 5) is 6.10. The average molecular weight is 640 g/mol. The van der Waals surface area contributed by atoms with E-state index in [1.54, 1.807) is 11.3 Å². The van der Waals surface area contributed by atoms with Gasteiger partial charge in [0.25, 0.3) is 0 Å². The predicted octanol–water partition coefficient (Wildman–Crippen LogP) is 12.0. The molecule has 0 radical (unpaired) electrons. The Morgan fingerprint density at radius 3 is 1.91 bits per heavy atom. The molecule has 1 aromatic carbocycles. The Balaban J connectivity index is 1.48. The molecule has 5 aliphatic carbocycles. The maximum atomic E-state index is 3.09. The van der Waals surface area contributed by atoms with E-state index < -0.39 is 7.26 Å². The number of hydrogen-bond donors (Lipinski definition) is 0. The van der Waals surface area contributed by atoms with Gasteiger partial charge in [-0.2, -0.15) is 0 Å². The lowest BCUT2D eigenvalue weighted by molar-refractivity contribution is 0.150. The van der Waals surface area contributed by atoms with Crippen molar-refractivity contribution in [2.45, 2.75) is 165 Å². The molecule has 6 aliphatic rings. The van der Waals surface area contributed by atoms with Crippen LogP contribution in [-0.2, 0) is 0 Å². The molecular formula is C43H64N2P+. The summed E-state index contributed by atoms with van der Waals surface area (Å²) >= 11 is 0. The minimum absolute atomic E-state index is 0.408. The Bertz CT molecular complexity index is 1210. The highest BCUT2D eigenvalue weighted by molar-refractivity contribution is 7.82. The third kappa shape index (κ3) is 6.53. The van der Waals surface area contributed by atoms with Crippen molar-refractivity contribution in [1.82, 2.24) is 9.80 Å². The minimum atomic E-state index is -1.55. The normalized spacial score (nSPS) is 30.0. The van der Waals surface area contributed by atoms with Gasteiger partial charge in [0.15, 0.2) is 0 Å². The van der Waals surface area contributed by atoms with Crippen molar-refractivity contribution in [2.24, 2.45) is 5.92 Å². The van der Waals surface area contributed by atoms with Gasteiger partial charge in [0.05, 0.1) is 24.2 Å². The van der Waals surface area contributed by atoms with Crippen LogP contribution in [-0.4, -0.2) is 52.1 Å². The first kappa shape index (κ1) is 32.9. The van der Waals surface area contributed by atoms with Gasteiger partial charge >= 0.3 is 0 Å². The van der Waals surface area contributed by atoms with Crippen LogP contribution in [0.2, 0.25) is 0 Å². The predicted molar refractivity (Wildman–Crippen MR) is 202 cm³/mol. The Hall–Kier alpha value is -1.63. The maximum Gasteiger partial charge on any atom is 0.142 e. The number of hydrogen-bond acceptors (Lipinski definition) is 2. The molecular weight excluding hydrogens is 575 g/mol. The lowest BCUT2D eigenvalue weighted by atomic mass is 9.93. The van der Waals surface area contributed by atoms with Gasteiger partial charge in [-0.05, 0) is 133 Å². The van der Waals surface area contributed by atoms with Crippen LogP contribution in [0.15, 0.2) is 71.2 Å². The number of allylic oxidation sites excluding steroid dienone is 5. The zero-order valence-electron chi connectivity index (χ0n) is 29.4. The van der Waals surface area contributed by atoms with Crippen molar-refractivity contribution >= 4 is 13.3 Å². The highest BCUT2D eigenvalue weighted by atomic mass is 31.2. The molecule has 1 saturated heterocycles. The third-order valence-electron chi connectivity index (χ3n) is 13.4. The van der Waals surface area contributed by atoms with E-state index >= 15 is 0 Å². The number of rotatable bonds is 8. The van der Waals surface area contributed by atoms with Crippen molar-refractivity contribution < 1.29 is 0 Å². The second-order valence-electron chi connectivity index (χ2n) is 16.0. The number of nitrogens with zero attached hydrogens (tertiary/aromatic N) is 2. The van der Waals surface area contributed by atoms with E-state index in [4.69, 9.17) is 0 Å². The molecule has 250 valence electrons. The molecule has 3 heteroatoms. The Morgan fingerprint density at radius 2 is 1.35 bits per heavy atom. The lowest BCUT2D eigenvalue weighted by Crippen LogP contribution is -2.50. The summed E-state index contributed by atoms with van der Waals surface area (Å²) in [7, 11) is -1.55. The fourth-order valence-corrected chi connectivity index (χ4v) is 19.0. The highest BCUT2D eigenvalue weighted by Gasteiger charge is 2.63. The van der Waals surface area contributed by atoms with E-state index in [1.807, 2.05) is 5.31 Å². The van der Waals surface area contributed by atoms with Gasteiger partial charge in [0, 0.05) is 24.8 Å². The largest absolute Gasteiger partial charge is 0.351 e. The van der Waals surface area contributed by atoms with Gasteiger partial charge in [-0.1, -0.05) is 80.3 Å².